The van der Waals surface area contributed by atoms with E-state index in [0.29, 0.717) is 5.69 Å². The molecule has 0 saturated heterocycles. The van der Waals surface area contributed by atoms with Gasteiger partial charge in [-0.2, -0.15) is 0 Å². The Labute approximate surface area is 101 Å². The van der Waals surface area contributed by atoms with Crippen molar-refractivity contribution in [1.82, 2.24) is 9.88 Å². The predicted molar refractivity (Wildman–Crippen MR) is 70.3 cm³/mol. The van der Waals surface area contributed by atoms with Gasteiger partial charge < -0.3 is 9.88 Å². The number of H-pyrrole nitrogens is 1. The van der Waals surface area contributed by atoms with Gasteiger partial charge in [0.05, 0.1) is 0 Å². The van der Waals surface area contributed by atoms with Crippen LogP contribution < -0.4 is 0 Å². The summed E-state index contributed by atoms with van der Waals surface area (Å²) in [4.78, 5) is 17.2. The zero-order valence-corrected chi connectivity index (χ0v) is 10.6. The fraction of sp³-hybridized carbons (Fsp3) is 0.357. The predicted octanol–water partition coefficient (Wildman–Crippen LogP) is 2.96. The highest BCUT2D eigenvalue weighted by atomic mass is 16.2. The number of carbonyl (C=O) groups excluding carboxylic acids is 1. The van der Waals surface area contributed by atoms with E-state index in [2.05, 4.69) is 18.0 Å². The van der Waals surface area contributed by atoms with Crippen LogP contribution in [0.5, 0.6) is 0 Å². The first-order chi connectivity index (χ1) is 8.17. The largest absolute Gasteiger partial charge is 0.351 e. The fourth-order valence-electron chi connectivity index (χ4n) is 2.10. The molecule has 90 valence electrons. The molecule has 0 radical (unpaired) electrons. The van der Waals surface area contributed by atoms with E-state index in [1.165, 1.54) is 5.56 Å². The minimum absolute atomic E-state index is 0.0746. The number of aromatic amines is 1. The minimum atomic E-state index is 0.0746. The van der Waals surface area contributed by atoms with Gasteiger partial charge in [0.2, 0.25) is 0 Å². The molecule has 0 aliphatic heterocycles. The van der Waals surface area contributed by atoms with Gasteiger partial charge in [-0.1, -0.05) is 12.1 Å². The molecule has 3 nitrogen and oxygen atoms in total. The SMILES string of the molecule is CCN(CC)C(=O)c1cc2c(C)cccc2[nH]1. The highest BCUT2D eigenvalue weighted by Crippen LogP contribution is 2.19. The lowest BCUT2D eigenvalue weighted by molar-refractivity contribution is 0.0768. The Kier molecular flexibility index (Phi) is 3.18. The molecule has 0 bridgehead atoms. The van der Waals surface area contributed by atoms with Crippen LogP contribution in [0.2, 0.25) is 0 Å². The maximum absolute atomic E-state index is 12.2. The van der Waals surface area contributed by atoms with Gasteiger partial charge in [-0.05, 0) is 38.5 Å². The first-order valence-corrected chi connectivity index (χ1v) is 6.05. The van der Waals surface area contributed by atoms with Crippen LogP contribution >= 0.6 is 0 Å². The quantitative estimate of drug-likeness (QED) is 0.864. The van der Waals surface area contributed by atoms with Crippen molar-refractivity contribution in [1.29, 1.82) is 0 Å². The van der Waals surface area contributed by atoms with Gasteiger partial charge in [0.1, 0.15) is 5.69 Å². The maximum atomic E-state index is 12.2. The van der Waals surface area contributed by atoms with Crippen LogP contribution in [0.3, 0.4) is 0 Å². The lowest BCUT2D eigenvalue weighted by atomic mass is 10.1. The van der Waals surface area contributed by atoms with Gasteiger partial charge in [0.15, 0.2) is 0 Å². The summed E-state index contributed by atoms with van der Waals surface area (Å²) in [6, 6.07) is 8.01. The Morgan fingerprint density at radius 2 is 2.00 bits per heavy atom. The van der Waals surface area contributed by atoms with E-state index in [1.54, 1.807) is 0 Å². The number of benzene rings is 1. The van der Waals surface area contributed by atoms with Crippen molar-refractivity contribution in [3.05, 3.63) is 35.5 Å². The number of nitrogens with zero attached hydrogens (tertiary/aromatic N) is 1. The number of hydrogen-bond acceptors (Lipinski definition) is 1. The molecule has 1 aromatic heterocycles. The van der Waals surface area contributed by atoms with Crippen LogP contribution in [0.15, 0.2) is 24.3 Å². The van der Waals surface area contributed by atoms with Crippen LogP contribution in [0.1, 0.15) is 29.9 Å². The second-order valence-electron chi connectivity index (χ2n) is 4.20. The van der Waals surface area contributed by atoms with E-state index in [4.69, 9.17) is 0 Å². The molecular formula is C14H18N2O. The zero-order valence-electron chi connectivity index (χ0n) is 10.6. The Balaban J connectivity index is 2.43. The minimum Gasteiger partial charge on any atom is -0.351 e. The summed E-state index contributed by atoms with van der Waals surface area (Å²) < 4.78 is 0. The third-order valence-electron chi connectivity index (χ3n) is 3.16. The number of amides is 1. The van der Waals surface area contributed by atoms with Crippen molar-refractivity contribution in [3.63, 3.8) is 0 Å². The zero-order chi connectivity index (χ0) is 12.4. The highest BCUT2D eigenvalue weighted by molar-refractivity contribution is 5.98. The molecule has 1 N–H and O–H groups in total. The lowest BCUT2D eigenvalue weighted by Gasteiger charge is -2.17. The summed E-state index contributed by atoms with van der Waals surface area (Å²) in [5.74, 6) is 0.0746. The summed E-state index contributed by atoms with van der Waals surface area (Å²) in [7, 11) is 0. The summed E-state index contributed by atoms with van der Waals surface area (Å²) >= 11 is 0. The highest BCUT2D eigenvalue weighted by Gasteiger charge is 2.15. The van der Waals surface area contributed by atoms with E-state index < -0.39 is 0 Å². The van der Waals surface area contributed by atoms with Crippen molar-refractivity contribution < 1.29 is 4.79 Å². The molecule has 1 heterocycles. The third kappa shape index (κ3) is 2.05. The van der Waals surface area contributed by atoms with Crippen LogP contribution in [-0.2, 0) is 0 Å². The van der Waals surface area contributed by atoms with E-state index in [1.807, 2.05) is 36.9 Å². The van der Waals surface area contributed by atoms with E-state index >= 15 is 0 Å². The van der Waals surface area contributed by atoms with Crippen LogP contribution in [0, 0.1) is 6.92 Å². The van der Waals surface area contributed by atoms with Crippen LogP contribution in [0.25, 0.3) is 10.9 Å². The Morgan fingerprint density at radius 3 is 2.59 bits per heavy atom. The van der Waals surface area contributed by atoms with Gasteiger partial charge in [0.25, 0.3) is 5.91 Å². The summed E-state index contributed by atoms with van der Waals surface area (Å²) in [5, 5.41) is 1.13. The first kappa shape index (κ1) is 11.7. The van der Waals surface area contributed by atoms with E-state index in [0.717, 1.165) is 24.0 Å². The number of nitrogens with one attached hydrogen (secondary N) is 1. The number of fused-ring (bicyclic) bond motifs is 1. The second kappa shape index (κ2) is 4.62. The Hall–Kier alpha value is -1.77. The number of carbonyl (C=O) groups is 1. The number of hydrogen-bond donors (Lipinski definition) is 1. The summed E-state index contributed by atoms with van der Waals surface area (Å²) in [5.41, 5.74) is 2.90. The van der Waals surface area contributed by atoms with Crippen LogP contribution in [0.4, 0.5) is 0 Å². The molecule has 0 aliphatic carbocycles. The lowest BCUT2D eigenvalue weighted by Crippen LogP contribution is -2.30. The van der Waals surface area contributed by atoms with Crippen molar-refractivity contribution in [3.8, 4) is 0 Å². The molecule has 0 fully saturated rings. The number of rotatable bonds is 3. The normalized spacial score (nSPS) is 10.8. The average Bonchev–Trinajstić information content (AvgIpc) is 2.76. The molecule has 1 aromatic carbocycles. The molecule has 3 heteroatoms. The standard InChI is InChI=1S/C14H18N2O/c1-4-16(5-2)14(17)13-9-11-10(3)7-6-8-12(11)15-13/h6-9,15H,4-5H2,1-3H3. The molecule has 0 spiro atoms. The average molecular weight is 230 g/mol. The molecule has 2 aromatic rings. The van der Waals surface area contributed by atoms with Gasteiger partial charge >= 0.3 is 0 Å². The van der Waals surface area contributed by atoms with E-state index in [9.17, 15) is 4.79 Å². The second-order valence-corrected chi connectivity index (χ2v) is 4.20. The van der Waals surface area contributed by atoms with Gasteiger partial charge in [0, 0.05) is 24.0 Å². The van der Waals surface area contributed by atoms with Gasteiger partial charge in [-0.25, -0.2) is 0 Å². The molecule has 0 unspecified atom stereocenters. The molecule has 0 atom stereocenters. The monoisotopic (exact) mass is 230 g/mol. The van der Waals surface area contributed by atoms with Gasteiger partial charge in [-0.3, -0.25) is 4.79 Å². The molecule has 2 rings (SSSR count). The van der Waals surface area contributed by atoms with E-state index in [-0.39, 0.29) is 5.91 Å². The molecule has 17 heavy (non-hydrogen) atoms. The molecule has 0 saturated carbocycles. The summed E-state index contributed by atoms with van der Waals surface area (Å²) in [6.45, 7) is 7.53. The number of aromatic nitrogens is 1. The Bertz CT molecular complexity index is 538. The van der Waals surface area contributed by atoms with Crippen LogP contribution in [-0.4, -0.2) is 28.9 Å². The molecular weight excluding hydrogens is 212 g/mol. The Morgan fingerprint density at radius 1 is 1.29 bits per heavy atom. The maximum Gasteiger partial charge on any atom is 0.270 e. The van der Waals surface area contributed by atoms with Crippen molar-refractivity contribution in [2.45, 2.75) is 20.8 Å². The summed E-state index contributed by atoms with van der Waals surface area (Å²) in [6.07, 6.45) is 0. The van der Waals surface area contributed by atoms with Crippen molar-refractivity contribution >= 4 is 16.8 Å². The fourth-order valence-corrected chi connectivity index (χ4v) is 2.10. The van der Waals surface area contributed by atoms with Crippen molar-refractivity contribution in [2.75, 3.05) is 13.1 Å². The third-order valence-corrected chi connectivity index (χ3v) is 3.16. The number of aryl methyl sites for hydroxylation is 1. The smallest absolute Gasteiger partial charge is 0.270 e. The first-order valence-electron chi connectivity index (χ1n) is 6.05. The van der Waals surface area contributed by atoms with Crippen molar-refractivity contribution in [2.24, 2.45) is 0 Å². The molecule has 0 aliphatic rings. The van der Waals surface area contributed by atoms with Gasteiger partial charge in [-0.15, -0.1) is 0 Å². The molecule has 1 amide bonds. The topological polar surface area (TPSA) is 36.1 Å².